The van der Waals surface area contributed by atoms with Crippen LogP contribution in [0, 0.1) is 26.2 Å². The number of terminal acetylenes is 1. The number of hydrogen-bond acceptors (Lipinski definition) is 8. The van der Waals surface area contributed by atoms with Crippen LogP contribution in [0.4, 0.5) is 5.82 Å². The third-order valence-corrected chi connectivity index (χ3v) is 7.19. The highest BCUT2D eigenvalue weighted by molar-refractivity contribution is 6.03. The first-order valence-corrected chi connectivity index (χ1v) is 13.8. The van der Waals surface area contributed by atoms with E-state index in [2.05, 4.69) is 16.2 Å². The summed E-state index contributed by atoms with van der Waals surface area (Å²) >= 11 is 0. The zero-order valence-electron chi connectivity index (χ0n) is 24.1. The van der Waals surface area contributed by atoms with Gasteiger partial charge in [-0.1, -0.05) is 59.5 Å². The lowest BCUT2D eigenvalue weighted by Crippen LogP contribution is -2.45. The monoisotopic (exact) mass is 591 g/mol. The van der Waals surface area contributed by atoms with Gasteiger partial charge in [0.15, 0.2) is 6.10 Å². The average molecular weight is 592 g/mol. The number of ether oxygens (including phenoxy) is 3. The van der Waals surface area contributed by atoms with Crippen molar-refractivity contribution in [2.75, 3.05) is 11.9 Å². The number of benzene rings is 3. The number of carbonyl (C=O) groups excluding carboxylic acids is 3. The van der Waals surface area contributed by atoms with Gasteiger partial charge in [-0.15, -0.1) is 6.42 Å². The summed E-state index contributed by atoms with van der Waals surface area (Å²) in [6.45, 7) is 3.33. The van der Waals surface area contributed by atoms with Crippen LogP contribution in [0.5, 0.6) is 0 Å². The highest BCUT2D eigenvalue weighted by Crippen LogP contribution is 2.39. The molecule has 1 saturated heterocycles. The molecular weight excluding hydrogens is 562 g/mol. The van der Waals surface area contributed by atoms with Gasteiger partial charge in [-0.3, -0.25) is 9.36 Å². The molecule has 1 N–H and O–H groups in total. The molecule has 1 amide bonds. The van der Waals surface area contributed by atoms with E-state index in [-0.39, 0.29) is 12.2 Å². The van der Waals surface area contributed by atoms with Crippen molar-refractivity contribution in [1.29, 1.82) is 0 Å². The van der Waals surface area contributed by atoms with E-state index >= 15 is 0 Å². The van der Waals surface area contributed by atoms with Crippen molar-refractivity contribution in [3.8, 4) is 12.3 Å². The molecule has 44 heavy (non-hydrogen) atoms. The summed E-state index contributed by atoms with van der Waals surface area (Å²) in [7, 11) is 0. The minimum absolute atomic E-state index is 0.0377. The van der Waals surface area contributed by atoms with E-state index in [1.165, 1.54) is 16.8 Å². The molecule has 3 atom stereocenters. The van der Waals surface area contributed by atoms with E-state index in [4.69, 9.17) is 20.6 Å². The fourth-order valence-corrected chi connectivity index (χ4v) is 4.66. The quantitative estimate of drug-likeness (QED) is 0.235. The lowest BCUT2D eigenvalue weighted by molar-refractivity contribution is -0.0984. The predicted octanol–water partition coefficient (Wildman–Crippen LogP) is 4.49. The van der Waals surface area contributed by atoms with Crippen LogP contribution < -0.4 is 11.0 Å². The van der Waals surface area contributed by atoms with Crippen molar-refractivity contribution in [2.45, 2.75) is 38.2 Å². The Kier molecular flexibility index (Phi) is 8.69. The van der Waals surface area contributed by atoms with E-state index in [0.29, 0.717) is 16.7 Å². The van der Waals surface area contributed by atoms with Crippen molar-refractivity contribution in [3.05, 3.63) is 129 Å². The van der Waals surface area contributed by atoms with Gasteiger partial charge >= 0.3 is 17.6 Å². The first-order valence-electron chi connectivity index (χ1n) is 13.8. The summed E-state index contributed by atoms with van der Waals surface area (Å²) in [6.07, 6.45) is 5.17. The minimum Gasteiger partial charge on any atom is -0.458 e. The first-order chi connectivity index (χ1) is 21.2. The number of carbonyl (C=O) groups is 3. The Morgan fingerprint density at radius 3 is 2.14 bits per heavy atom. The van der Waals surface area contributed by atoms with E-state index in [9.17, 15) is 19.2 Å². The number of nitrogens with zero attached hydrogens (tertiary/aromatic N) is 2. The maximum absolute atomic E-state index is 13.1. The number of nitrogens with one attached hydrogen (secondary N) is 1. The second-order valence-electron chi connectivity index (χ2n) is 10.4. The first kappa shape index (κ1) is 29.9. The van der Waals surface area contributed by atoms with Crippen LogP contribution in [0.15, 0.2) is 95.9 Å². The van der Waals surface area contributed by atoms with Gasteiger partial charge in [0.25, 0.3) is 5.91 Å². The molecule has 10 nitrogen and oxygen atoms in total. The van der Waals surface area contributed by atoms with Crippen molar-refractivity contribution in [2.24, 2.45) is 0 Å². The van der Waals surface area contributed by atoms with Crippen LogP contribution >= 0.6 is 0 Å². The van der Waals surface area contributed by atoms with Crippen molar-refractivity contribution in [3.63, 3.8) is 0 Å². The third-order valence-electron chi connectivity index (χ3n) is 7.19. The predicted molar refractivity (Wildman–Crippen MR) is 161 cm³/mol. The summed E-state index contributed by atoms with van der Waals surface area (Å²) in [4.78, 5) is 55.5. The van der Waals surface area contributed by atoms with Gasteiger partial charge in [-0.2, -0.15) is 4.98 Å². The fraction of sp³-hybridized carbons (Fsp3) is 0.206. The lowest BCUT2D eigenvalue weighted by atomic mass is 9.98. The zero-order valence-corrected chi connectivity index (χ0v) is 24.1. The maximum atomic E-state index is 13.1. The molecule has 0 radical (unpaired) electrons. The molecule has 222 valence electrons. The summed E-state index contributed by atoms with van der Waals surface area (Å²) < 4.78 is 18.7. The Bertz CT molecular complexity index is 1780. The lowest BCUT2D eigenvalue weighted by Gasteiger charge is -2.28. The Balaban J connectivity index is 1.38. The van der Waals surface area contributed by atoms with Gasteiger partial charge in [-0.05, 0) is 56.3 Å². The molecule has 2 heterocycles. The highest BCUT2D eigenvalue weighted by atomic mass is 16.6. The van der Waals surface area contributed by atoms with Gasteiger partial charge in [-0.25, -0.2) is 14.4 Å². The average Bonchev–Trinajstić information content (AvgIpc) is 3.38. The van der Waals surface area contributed by atoms with Crippen LogP contribution in [0.2, 0.25) is 0 Å². The van der Waals surface area contributed by atoms with E-state index < -0.39 is 48.1 Å². The van der Waals surface area contributed by atoms with Crippen LogP contribution in [0.25, 0.3) is 0 Å². The molecule has 1 aliphatic rings. The number of aryl methyl sites for hydroxylation is 2. The van der Waals surface area contributed by atoms with E-state index in [0.717, 1.165) is 11.1 Å². The largest absolute Gasteiger partial charge is 0.458 e. The van der Waals surface area contributed by atoms with Crippen LogP contribution in [-0.2, 0) is 14.2 Å². The number of anilines is 1. The molecule has 3 aromatic carbocycles. The van der Waals surface area contributed by atoms with Crippen LogP contribution in [0.1, 0.15) is 54.8 Å². The second-order valence-corrected chi connectivity index (χ2v) is 10.4. The molecule has 1 fully saturated rings. The van der Waals surface area contributed by atoms with Crippen molar-refractivity contribution in [1.82, 2.24) is 9.55 Å². The normalized spacial score (nSPS) is 19.0. The van der Waals surface area contributed by atoms with Gasteiger partial charge in [0, 0.05) is 18.2 Å². The molecule has 1 aromatic heterocycles. The van der Waals surface area contributed by atoms with Crippen LogP contribution in [-0.4, -0.2) is 45.7 Å². The molecule has 0 spiro atoms. The third kappa shape index (κ3) is 6.59. The fourth-order valence-electron chi connectivity index (χ4n) is 4.66. The summed E-state index contributed by atoms with van der Waals surface area (Å²) in [5.74, 6) is 0.815. The molecular formula is C34H29N3O7. The molecule has 0 unspecified atom stereocenters. The minimum atomic E-state index is -1.72. The molecule has 0 aliphatic carbocycles. The summed E-state index contributed by atoms with van der Waals surface area (Å²) in [5, 5.41) is 2.59. The summed E-state index contributed by atoms with van der Waals surface area (Å²) in [5.41, 5.74) is 0.464. The van der Waals surface area contributed by atoms with E-state index in [1.807, 2.05) is 13.8 Å². The highest BCUT2D eigenvalue weighted by Gasteiger charge is 2.52. The van der Waals surface area contributed by atoms with Gasteiger partial charge in [0.2, 0.25) is 5.60 Å². The van der Waals surface area contributed by atoms with Crippen molar-refractivity contribution >= 4 is 23.7 Å². The molecule has 5 rings (SSSR count). The van der Waals surface area contributed by atoms with Gasteiger partial charge < -0.3 is 19.5 Å². The number of aromatic nitrogens is 2. The Hall–Kier alpha value is -5.53. The molecule has 0 saturated carbocycles. The molecule has 0 bridgehead atoms. The number of amides is 1. The topological polar surface area (TPSA) is 126 Å². The molecule has 4 aromatic rings. The Labute approximate surface area is 253 Å². The SMILES string of the molecule is C#C[C@@]1(COC(=O)c2ccc(C)cc2)O[C@@H](n2ccc(NC(=O)c3ccccc3)nc2=O)C[C@H]1OC(=O)c1ccc(C)cc1. The Morgan fingerprint density at radius 1 is 0.932 bits per heavy atom. The maximum Gasteiger partial charge on any atom is 0.351 e. The second kappa shape index (κ2) is 12.8. The number of rotatable bonds is 8. The molecule has 10 heteroatoms. The van der Waals surface area contributed by atoms with E-state index in [1.54, 1.807) is 78.9 Å². The summed E-state index contributed by atoms with van der Waals surface area (Å²) in [6, 6.07) is 23.5. The standard InChI is InChI=1S/C34H29N3O7/c1-4-34(21-42-31(39)25-14-10-22(2)11-15-25)27(43-32(40)26-16-12-23(3)13-17-26)20-29(44-34)37-19-18-28(36-33(37)41)35-30(38)24-8-6-5-7-9-24/h1,5-19,27,29H,20-21H2,2-3H3,(H,35,36,38,41)/t27-,29-,34+/m1/s1. The Morgan fingerprint density at radius 2 is 1.55 bits per heavy atom. The zero-order chi connectivity index (χ0) is 31.3. The van der Waals surface area contributed by atoms with Crippen LogP contribution in [0.3, 0.4) is 0 Å². The molecule has 1 aliphatic heterocycles. The number of esters is 2. The van der Waals surface area contributed by atoms with Gasteiger partial charge in [0.05, 0.1) is 11.1 Å². The number of hydrogen-bond donors (Lipinski definition) is 1. The smallest absolute Gasteiger partial charge is 0.351 e. The van der Waals surface area contributed by atoms with Gasteiger partial charge in [0.1, 0.15) is 18.7 Å². The van der Waals surface area contributed by atoms with Crippen molar-refractivity contribution < 1.29 is 28.6 Å².